The predicted octanol–water partition coefficient (Wildman–Crippen LogP) is 8.46. The minimum atomic E-state index is -0.425. The molecule has 18 rings (SSSR count). The zero-order valence-electron chi connectivity index (χ0n) is 51.4. The smallest absolute Gasteiger partial charge is 0.269 e. The lowest BCUT2D eigenvalue weighted by atomic mass is 10.1. The fourth-order valence-electron chi connectivity index (χ4n) is 15.1. The molecule has 3 N–H and O–H groups in total. The topological polar surface area (TPSA) is 273 Å². The van der Waals surface area contributed by atoms with E-state index in [4.69, 9.17) is 65.7 Å². The lowest BCUT2D eigenvalue weighted by Crippen LogP contribution is -2.45. The molecule has 12 unspecified atom stereocenters. The van der Waals surface area contributed by atoms with Gasteiger partial charge in [-0.05, 0) is 125 Å². The number of benzene rings is 3. The van der Waals surface area contributed by atoms with Crippen molar-refractivity contribution in [2.75, 3.05) is 109 Å². The molecular formula is C66H78ClN15O10. The maximum Gasteiger partial charge on any atom is 0.269 e. The van der Waals surface area contributed by atoms with Gasteiger partial charge in [0.15, 0.2) is 0 Å². The van der Waals surface area contributed by atoms with Crippen LogP contribution in [0.2, 0.25) is 5.28 Å². The Kier molecular flexibility index (Phi) is 17.5. The second-order valence-corrected chi connectivity index (χ2v) is 26.7. The van der Waals surface area contributed by atoms with Crippen molar-refractivity contribution in [1.29, 1.82) is 0 Å². The number of nitrogens with two attached hydrogens (primary N) is 1. The van der Waals surface area contributed by atoms with Crippen LogP contribution in [-0.2, 0) is 28.4 Å². The highest BCUT2D eigenvalue weighted by molar-refractivity contribution is 6.28. The van der Waals surface area contributed by atoms with E-state index in [2.05, 4.69) is 45.9 Å². The number of nitro groups is 2. The summed E-state index contributed by atoms with van der Waals surface area (Å²) in [5, 5.41) is 25.3. The van der Waals surface area contributed by atoms with Gasteiger partial charge in [0.05, 0.1) is 100 Å². The van der Waals surface area contributed by atoms with Gasteiger partial charge in [-0.1, -0.05) is 12.1 Å². The third-order valence-electron chi connectivity index (χ3n) is 19.7. The van der Waals surface area contributed by atoms with Gasteiger partial charge in [-0.15, -0.1) is 0 Å². The Bertz CT molecular complexity index is 3450. The van der Waals surface area contributed by atoms with E-state index in [9.17, 15) is 20.2 Å². The van der Waals surface area contributed by atoms with Crippen molar-refractivity contribution in [3.8, 4) is 33.8 Å². The molecule has 6 aromatic rings. The number of halogens is 1. The first-order chi connectivity index (χ1) is 44.8. The highest BCUT2D eigenvalue weighted by atomic mass is 35.5. The molecule has 12 fully saturated rings. The van der Waals surface area contributed by atoms with Crippen LogP contribution in [0.25, 0.3) is 33.8 Å². The van der Waals surface area contributed by atoms with E-state index in [0.29, 0.717) is 48.3 Å². The molecule has 3 aromatic carbocycles. The SMILES string of the molecule is C1CC2CNCC1O2.Nc1ccc(-c2cc(N3CC4CCC(C3)O4)nc(N3CC4CCC(C3)O4)n2)cc1.O=[N+]([O-])c1ccc(-c2cc(N3CC4CCC(C3)O4)nc(Cl)n2)cc1.O=[N+]([O-])c1ccc(-c2cc(N3CC4CCC(C3)O4)nc(N3CC4CCC(C3)O4)n2)cc1. The molecule has 12 saturated heterocycles. The van der Waals surface area contributed by atoms with E-state index >= 15 is 0 Å². The molecule has 12 bridgehead atoms. The first-order valence-corrected chi connectivity index (χ1v) is 33.3. The molecule has 0 aliphatic carbocycles. The number of rotatable bonds is 10. The second-order valence-electron chi connectivity index (χ2n) is 26.4. The van der Waals surface area contributed by atoms with Gasteiger partial charge in [0.2, 0.25) is 17.2 Å². The van der Waals surface area contributed by atoms with Crippen LogP contribution < -0.4 is 35.6 Å². The van der Waals surface area contributed by atoms with Crippen LogP contribution in [0.15, 0.2) is 91.0 Å². The zero-order chi connectivity index (χ0) is 62.4. The summed E-state index contributed by atoms with van der Waals surface area (Å²) in [5.41, 5.74) is 11.8. The molecule has 25 nitrogen and oxygen atoms in total. The van der Waals surface area contributed by atoms with E-state index in [1.807, 2.05) is 36.4 Å². The number of ether oxygens (including phenoxy) is 6. The molecular weight excluding hydrogens is 1200 g/mol. The van der Waals surface area contributed by atoms with Gasteiger partial charge in [0, 0.05) is 143 Å². The molecule has 15 heterocycles. The number of nitrogens with zero attached hydrogens (tertiary/aromatic N) is 13. The number of aromatic nitrogens is 6. The third kappa shape index (κ3) is 13.9. The molecule has 12 aliphatic rings. The van der Waals surface area contributed by atoms with E-state index in [1.165, 1.54) is 37.1 Å². The molecule has 3 aromatic heterocycles. The molecule has 0 radical (unpaired) electrons. The van der Waals surface area contributed by atoms with Crippen molar-refractivity contribution in [2.24, 2.45) is 0 Å². The average molecular weight is 1280 g/mol. The Morgan fingerprint density at radius 1 is 0.380 bits per heavy atom. The van der Waals surface area contributed by atoms with Gasteiger partial charge in [-0.2, -0.15) is 9.97 Å². The number of anilines is 6. The summed E-state index contributed by atoms with van der Waals surface area (Å²) in [6, 6.07) is 26.8. The molecule has 26 heteroatoms. The molecule has 0 amide bonds. The molecule has 92 heavy (non-hydrogen) atoms. The van der Waals surface area contributed by atoms with Gasteiger partial charge in [-0.25, -0.2) is 19.9 Å². The van der Waals surface area contributed by atoms with Crippen molar-refractivity contribution in [3.05, 3.63) is 117 Å². The van der Waals surface area contributed by atoms with Crippen LogP contribution in [0.1, 0.15) is 77.0 Å². The molecule has 0 saturated carbocycles. The standard InChI is InChI=1S/C22H25N5O4.C22H27N5O2.C16H15ClN4O3.C6H11NO/c28-27(29)15-3-1-14(2-4-15)20-9-21(25-10-16-5-6-17(11-25)30-16)24-22(23-20)26-12-18-7-8-19(13-26)31-18;23-15-3-1-14(2-4-15)20-9-21(26-10-16-5-6-17(11-26)28-16)25-22(24-20)27-12-18-7-8-19(13-27)29-18;17-16-18-14(10-1-3-11(4-2-10)21(22)23)7-15(19-16)20-8-12-5-6-13(9-20)24-12;1-2-6-4-7-3-5(1)8-6/h1-4,9,16-19H,5-8,10-13H2;1-4,9,16-19H,5-8,10-13,23H2;1-4,7,12-13H,5-6,8-9H2;5-7H,1-4H2. The van der Waals surface area contributed by atoms with Crippen molar-refractivity contribution in [2.45, 2.75) is 150 Å². The van der Waals surface area contributed by atoms with Gasteiger partial charge in [0.1, 0.15) is 17.5 Å². The summed E-state index contributed by atoms with van der Waals surface area (Å²) in [5.74, 6) is 4.19. The summed E-state index contributed by atoms with van der Waals surface area (Å²) in [6.07, 6.45) is 17.5. The van der Waals surface area contributed by atoms with Crippen LogP contribution in [0.5, 0.6) is 0 Å². The Labute approximate surface area is 538 Å². The van der Waals surface area contributed by atoms with Crippen LogP contribution in [0.3, 0.4) is 0 Å². The number of morpholine rings is 6. The largest absolute Gasteiger partial charge is 0.399 e. The van der Waals surface area contributed by atoms with Crippen molar-refractivity contribution in [3.63, 3.8) is 0 Å². The van der Waals surface area contributed by atoms with Crippen LogP contribution in [-0.4, -0.2) is 192 Å². The summed E-state index contributed by atoms with van der Waals surface area (Å²) in [4.78, 5) is 60.8. The molecule has 484 valence electrons. The van der Waals surface area contributed by atoms with Crippen LogP contribution >= 0.6 is 11.6 Å². The first kappa shape index (κ1) is 60.7. The minimum Gasteiger partial charge on any atom is -0.399 e. The minimum absolute atomic E-state index is 0.0453. The molecule has 12 atom stereocenters. The van der Waals surface area contributed by atoms with Crippen molar-refractivity contribution >= 4 is 58.0 Å². The number of nitrogen functional groups attached to an aromatic ring is 1. The first-order valence-electron chi connectivity index (χ1n) is 32.9. The van der Waals surface area contributed by atoms with E-state index < -0.39 is 4.92 Å². The Morgan fingerprint density at radius 2 is 0.652 bits per heavy atom. The Hall–Kier alpha value is -7.49. The maximum absolute atomic E-state index is 11.0. The molecule has 0 spiro atoms. The number of fused-ring (bicyclic) bond motifs is 12. The maximum atomic E-state index is 11.0. The number of nitrogens with one attached hydrogen (secondary N) is 1. The Morgan fingerprint density at radius 3 is 0.967 bits per heavy atom. The average Bonchev–Trinajstić information content (AvgIpc) is 2.94. The van der Waals surface area contributed by atoms with E-state index in [1.54, 1.807) is 24.3 Å². The fraction of sp³-hybridized carbons (Fsp3) is 0.545. The van der Waals surface area contributed by atoms with E-state index in [0.717, 1.165) is 200 Å². The molecule has 12 aliphatic heterocycles. The lowest BCUT2D eigenvalue weighted by molar-refractivity contribution is -0.385. The van der Waals surface area contributed by atoms with Crippen molar-refractivity contribution < 1.29 is 38.3 Å². The van der Waals surface area contributed by atoms with Gasteiger partial charge < -0.3 is 64.0 Å². The zero-order valence-corrected chi connectivity index (χ0v) is 52.2. The summed E-state index contributed by atoms with van der Waals surface area (Å²) in [7, 11) is 0. The summed E-state index contributed by atoms with van der Waals surface area (Å²) in [6.45, 7) is 10.6. The number of non-ortho nitro benzene ring substituents is 2. The summed E-state index contributed by atoms with van der Waals surface area (Å²) < 4.78 is 35.4. The summed E-state index contributed by atoms with van der Waals surface area (Å²) >= 11 is 6.10. The number of hydrogen-bond donors (Lipinski definition) is 2. The fourth-order valence-corrected chi connectivity index (χ4v) is 15.2. The predicted molar refractivity (Wildman–Crippen MR) is 346 cm³/mol. The van der Waals surface area contributed by atoms with E-state index in [-0.39, 0.29) is 58.2 Å². The van der Waals surface area contributed by atoms with Gasteiger partial charge in [0.25, 0.3) is 11.4 Å². The van der Waals surface area contributed by atoms with Crippen LogP contribution in [0, 0.1) is 20.2 Å². The Balaban J connectivity index is 0.000000108. The highest BCUT2D eigenvalue weighted by Gasteiger charge is 2.40. The quantitative estimate of drug-likeness (QED) is 0.0563. The lowest BCUT2D eigenvalue weighted by Gasteiger charge is -2.35. The normalized spacial score (nSPS) is 29.4. The number of hydrogen-bond acceptors (Lipinski definition) is 23. The monoisotopic (exact) mass is 1280 g/mol. The highest BCUT2D eigenvalue weighted by Crippen LogP contribution is 2.38. The second kappa shape index (κ2) is 26.5. The van der Waals surface area contributed by atoms with Crippen molar-refractivity contribution in [1.82, 2.24) is 35.2 Å². The van der Waals surface area contributed by atoms with Gasteiger partial charge >= 0.3 is 0 Å². The number of nitro benzene ring substituents is 2. The third-order valence-corrected chi connectivity index (χ3v) is 19.9. The van der Waals surface area contributed by atoms with Gasteiger partial charge in [-0.3, -0.25) is 20.2 Å². The van der Waals surface area contributed by atoms with Crippen LogP contribution in [0.4, 0.5) is 46.4 Å².